The molecule has 5 nitrogen and oxygen atoms in total. The van der Waals surface area contributed by atoms with E-state index in [-0.39, 0.29) is 34.0 Å². The van der Waals surface area contributed by atoms with Crippen LogP contribution in [0.3, 0.4) is 0 Å². The van der Waals surface area contributed by atoms with Gasteiger partial charge in [-0.15, -0.1) is 0 Å². The van der Waals surface area contributed by atoms with E-state index >= 15 is 0 Å². The molecule has 0 fully saturated rings. The molecule has 42 heavy (non-hydrogen) atoms. The minimum absolute atomic E-state index is 0.149. The zero-order valence-corrected chi connectivity index (χ0v) is 32.3. The molecule has 0 aromatic rings. The van der Waals surface area contributed by atoms with Gasteiger partial charge in [-0.05, 0) is 46.5 Å². The Balaban J connectivity index is -0.000000243. The van der Waals surface area contributed by atoms with Crippen molar-refractivity contribution in [2.24, 2.45) is 0 Å². The van der Waals surface area contributed by atoms with E-state index in [1.807, 2.05) is 0 Å². The van der Waals surface area contributed by atoms with Crippen molar-refractivity contribution in [2.75, 3.05) is 0 Å². The first-order chi connectivity index (χ1) is 20.0. The van der Waals surface area contributed by atoms with Gasteiger partial charge in [0.25, 0.3) is 0 Å². The van der Waals surface area contributed by atoms with Crippen molar-refractivity contribution in [3.05, 3.63) is 0 Å². The van der Waals surface area contributed by atoms with Crippen LogP contribution in [-0.2, 0) is 9.59 Å². The molecule has 0 saturated heterocycles. The van der Waals surface area contributed by atoms with Gasteiger partial charge in [0, 0.05) is 11.9 Å². The molecule has 252 valence electrons. The fourth-order valence-corrected chi connectivity index (χ4v) is 8.05. The number of rotatable bonds is 26. The molecule has 0 bridgehead atoms. The molecular weight excluding hydrogens is 631 g/mol. The van der Waals surface area contributed by atoms with Gasteiger partial charge in [0.05, 0.1) is 5.60 Å². The normalized spacial score (nSPS) is 10.3. The number of carbonyl (C=O) groups excluding carboxylic acids is 2. The van der Waals surface area contributed by atoms with Gasteiger partial charge in [0.1, 0.15) is 0 Å². The number of unbranched alkanes of at least 4 members (excludes halogenated alkanes) is 18. The summed E-state index contributed by atoms with van der Waals surface area (Å²) in [5, 5.41) is 28.7. The molecular formula is C36H74O5Sn. The molecule has 0 heterocycles. The van der Waals surface area contributed by atoms with E-state index < -0.39 is 17.5 Å². The SMILES string of the molecule is CC(C)(C)O.CCCCCCCCCCCC(=O)[O-].CCCCCCCCCCCC(=O)[O-].CCC[CH2][Sn+2][CH2]CCC. The van der Waals surface area contributed by atoms with Crippen molar-refractivity contribution >= 4 is 33.1 Å². The van der Waals surface area contributed by atoms with Crippen molar-refractivity contribution in [3.8, 4) is 0 Å². The van der Waals surface area contributed by atoms with Crippen LogP contribution in [0, 0.1) is 0 Å². The summed E-state index contributed by atoms with van der Waals surface area (Å²) in [6.45, 7) is 14.3. The second kappa shape index (κ2) is 42.8. The van der Waals surface area contributed by atoms with Gasteiger partial charge in [-0.1, -0.05) is 117 Å². The van der Waals surface area contributed by atoms with Crippen molar-refractivity contribution in [1.82, 2.24) is 0 Å². The van der Waals surface area contributed by atoms with E-state index in [0.29, 0.717) is 0 Å². The molecule has 0 saturated carbocycles. The van der Waals surface area contributed by atoms with Crippen LogP contribution in [0.4, 0.5) is 0 Å². The maximum absolute atomic E-state index is 10.1. The predicted octanol–water partition coefficient (Wildman–Crippen LogP) is 9.22. The molecule has 0 atom stereocenters. The Labute approximate surface area is 274 Å². The van der Waals surface area contributed by atoms with Crippen LogP contribution < -0.4 is 10.2 Å². The molecule has 6 heteroatoms. The van der Waals surface area contributed by atoms with Gasteiger partial charge in [0.2, 0.25) is 0 Å². The Kier molecular flexibility index (Phi) is 49.6. The number of carboxylic acids is 2. The van der Waals surface area contributed by atoms with Crippen molar-refractivity contribution in [1.29, 1.82) is 0 Å². The summed E-state index contributed by atoms with van der Waals surface area (Å²) in [7, 11) is 0. The van der Waals surface area contributed by atoms with Gasteiger partial charge in [-0.2, -0.15) is 0 Å². The molecule has 0 aliphatic carbocycles. The summed E-state index contributed by atoms with van der Waals surface area (Å²) in [5.74, 6) is -1.82. The van der Waals surface area contributed by atoms with Crippen LogP contribution in [0.25, 0.3) is 0 Å². The van der Waals surface area contributed by atoms with Crippen molar-refractivity contribution in [2.45, 2.75) is 217 Å². The topological polar surface area (TPSA) is 100 Å². The first kappa shape index (κ1) is 48.6. The molecule has 0 aromatic heterocycles. The summed E-state index contributed by atoms with van der Waals surface area (Å²) in [4.78, 5) is 20.2. The zero-order chi connectivity index (χ0) is 32.7. The second-order valence-electron chi connectivity index (χ2n) is 12.5. The minimum atomic E-state index is -0.909. The van der Waals surface area contributed by atoms with Crippen LogP contribution in [0.2, 0.25) is 8.87 Å². The van der Waals surface area contributed by atoms with Gasteiger partial charge in [0.15, 0.2) is 0 Å². The number of carboxylic acid groups (broad SMARTS) is 2. The van der Waals surface area contributed by atoms with Crippen LogP contribution in [0.15, 0.2) is 0 Å². The standard InChI is InChI=1S/2C12H24O2.C4H10O.2C4H9.Sn/c2*1-2-3-4-5-6-7-8-9-10-11-12(13)14;1-4(2,3)5;2*1-3-4-2;/h2*2-11H2,1H3,(H,13,14);5H,1-3H3;2*1,3-4H2,2H3;/q;;;;;+2/p-2. The predicted molar refractivity (Wildman–Crippen MR) is 181 cm³/mol. The second-order valence-corrected chi connectivity index (χ2v) is 16.8. The molecule has 0 unspecified atom stereocenters. The summed E-state index contributed by atoms with van der Waals surface area (Å²) >= 11 is 0.149. The molecule has 0 rings (SSSR count). The van der Waals surface area contributed by atoms with E-state index in [4.69, 9.17) is 5.11 Å². The first-order valence-electron chi connectivity index (χ1n) is 17.8. The van der Waals surface area contributed by atoms with Gasteiger partial charge in [-0.25, -0.2) is 0 Å². The van der Waals surface area contributed by atoms with Crippen LogP contribution in [-0.4, -0.2) is 43.8 Å². The van der Waals surface area contributed by atoms with Crippen LogP contribution >= 0.6 is 0 Å². The summed E-state index contributed by atoms with van der Waals surface area (Å²) < 4.78 is 3.25. The van der Waals surface area contributed by atoms with Crippen molar-refractivity contribution in [3.63, 3.8) is 0 Å². The molecule has 1 N–H and O–H groups in total. The van der Waals surface area contributed by atoms with Gasteiger partial charge < -0.3 is 24.9 Å². The third-order valence-corrected chi connectivity index (χ3v) is 10.4. The van der Waals surface area contributed by atoms with E-state index in [2.05, 4.69) is 27.7 Å². The van der Waals surface area contributed by atoms with Crippen LogP contribution in [0.1, 0.15) is 203 Å². The Morgan fingerprint density at radius 2 is 0.690 bits per heavy atom. The Morgan fingerprint density at radius 3 is 0.905 bits per heavy atom. The van der Waals surface area contributed by atoms with E-state index in [1.165, 1.54) is 116 Å². The first-order valence-corrected chi connectivity index (χ1v) is 21.8. The monoisotopic (exact) mass is 706 g/mol. The average Bonchev–Trinajstić information content (AvgIpc) is 2.91. The zero-order valence-electron chi connectivity index (χ0n) is 29.5. The van der Waals surface area contributed by atoms with E-state index in [9.17, 15) is 19.8 Å². The third kappa shape index (κ3) is 77.5. The Hall–Kier alpha value is -0.301. The Bertz CT molecular complexity index is 462. The number of aliphatic hydroxyl groups is 1. The fraction of sp³-hybridized carbons (Fsp3) is 0.944. The van der Waals surface area contributed by atoms with E-state index in [0.717, 1.165) is 25.7 Å². The number of aliphatic carboxylic acids is 2. The molecule has 0 amide bonds. The molecule has 0 aliphatic rings. The quantitative estimate of drug-likeness (QED) is 0.0715. The molecule has 0 aliphatic heterocycles. The molecule has 0 radical (unpaired) electrons. The molecule has 0 spiro atoms. The number of hydrogen-bond donors (Lipinski definition) is 1. The number of carbonyl (C=O) groups is 2. The maximum atomic E-state index is 10.1. The van der Waals surface area contributed by atoms with Crippen molar-refractivity contribution < 1.29 is 24.9 Å². The molecule has 0 aromatic carbocycles. The van der Waals surface area contributed by atoms with Gasteiger partial charge in [-0.3, -0.25) is 0 Å². The fourth-order valence-electron chi connectivity index (χ4n) is 3.89. The Morgan fingerprint density at radius 1 is 0.476 bits per heavy atom. The summed E-state index contributed by atoms with van der Waals surface area (Å²) in [5.41, 5.74) is -0.500. The number of hydrogen-bond acceptors (Lipinski definition) is 5. The average molecular weight is 706 g/mol. The van der Waals surface area contributed by atoms with Crippen LogP contribution in [0.5, 0.6) is 0 Å². The van der Waals surface area contributed by atoms with E-state index in [1.54, 1.807) is 29.6 Å². The third-order valence-electron chi connectivity index (χ3n) is 6.38. The summed E-state index contributed by atoms with van der Waals surface area (Å²) in [6.07, 6.45) is 28.2. The summed E-state index contributed by atoms with van der Waals surface area (Å²) in [6, 6.07) is 0. The van der Waals surface area contributed by atoms with Gasteiger partial charge >= 0.3 is 69.5 Å².